The third-order valence-corrected chi connectivity index (χ3v) is 2.40. The van der Waals surface area contributed by atoms with E-state index in [9.17, 15) is 4.79 Å². The topological polar surface area (TPSA) is 79.9 Å². The van der Waals surface area contributed by atoms with Crippen LogP contribution in [0.4, 0.5) is 5.95 Å². The summed E-state index contributed by atoms with van der Waals surface area (Å²) in [4.78, 5) is 15.7. The average Bonchev–Trinajstić information content (AvgIpc) is 2.75. The van der Waals surface area contributed by atoms with E-state index in [4.69, 9.17) is 4.74 Å². The van der Waals surface area contributed by atoms with E-state index < -0.39 is 0 Å². The lowest BCUT2D eigenvalue weighted by atomic mass is 10.1. The minimum Gasteiger partial charge on any atom is -0.378 e. The molecule has 0 aromatic carbocycles. The van der Waals surface area contributed by atoms with Gasteiger partial charge in [0.25, 0.3) is 0 Å². The molecule has 6 heteroatoms. The molecule has 2 atom stereocenters. The Balaban J connectivity index is 1.92. The van der Waals surface area contributed by atoms with Crippen LogP contribution in [0.3, 0.4) is 0 Å². The van der Waals surface area contributed by atoms with E-state index in [1.165, 1.54) is 0 Å². The van der Waals surface area contributed by atoms with Gasteiger partial charge in [-0.25, -0.2) is 0 Å². The Kier molecular flexibility index (Phi) is 2.68. The number of amides is 1. The molecule has 6 nitrogen and oxygen atoms in total. The lowest BCUT2D eigenvalue weighted by Gasteiger charge is -2.05. The van der Waals surface area contributed by atoms with Gasteiger partial charge in [-0.1, -0.05) is 0 Å². The normalized spacial score (nSPS) is 25.5. The quantitative estimate of drug-likeness (QED) is 0.743. The Labute approximate surface area is 87.4 Å². The summed E-state index contributed by atoms with van der Waals surface area (Å²) >= 11 is 0. The standard InChI is InChI=1S/C9H14N4O2/c1-5-3-7(4-15-5)8(14)11-9-10-6(2)12-13-9/h5,7H,3-4H2,1-2H3,(H2,10,11,12,13,14). The lowest BCUT2D eigenvalue weighted by Crippen LogP contribution is -2.23. The molecule has 0 bridgehead atoms. The van der Waals surface area contributed by atoms with Crippen LogP contribution in [0.1, 0.15) is 19.2 Å². The smallest absolute Gasteiger partial charge is 0.248 e. The zero-order valence-corrected chi connectivity index (χ0v) is 8.78. The zero-order valence-electron chi connectivity index (χ0n) is 8.78. The zero-order chi connectivity index (χ0) is 10.8. The highest BCUT2D eigenvalue weighted by Gasteiger charge is 2.28. The van der Waals surface area contributed by atoms with Gasteiger partial charge in [0, 0.05) is 0 Å². The van der Waals surface area contributed by atoms with Crippen LogP contribution in [0.2, 0.25) is 0 Å². The number of aromatic amines is 1. The van der Waals surface area contributed by atoms with Crippen molar-refractivity contribution < 1.29 is 9.53 Å². The van der Waals surface area contributed by atoms with Gasteiger partial charge < -0.3 is 4.74 Å². The van der Waals surface area contributed by atoms with Gasteiger partial charge in [0.05, 0.1) is 18.6 Å². The van der Waals surface area contributed by atoms with Crippen LogP contribution in [0.15, 0.2) is 0 Å². The van der Waals surface area contributed by atoms with E-state index in [0.29, 0.717) is 18.4 Å². The monoisotopic (exact) mass is 210 g/mol. The highest BCUT2D eigenvalue weighted by atomic mass is 16.5. The van der Waals surface area contributed by atoms with Gasteiger partial charge in [-0.2, -0.15) is 4.98 Å². The summed E-state index contributed by atoms with van der Waals surface area (Å²) in [7, 11) is 0. The highest BCUT2D eigenvalue weighted by molar-refractivity contribution is 5.91. The van der Waals surface area contributed by atoms with E-state index in [-0.39, 0.29) is 17.9 Å². The number of anilines is 1. The van der Waals surface area contributed by atoms with Crippen LogP contribution in [-0.4, -0.2) is 33.8 Å². The predicted octanol–water partition coefficient (Wildman–Crippen LogP) is 0.477. The van der Waals surface area contributed by atoms with E-state index in [1.54, 1.807) is 6.92 Å². The Morgan fingerprint density at radius 3 is 3.00 bits per heavy atom. The third kappa shape index (κ3) is 2.33. The maximum absolute atomic E-state index is 11.7. The van der Waals surface area contributed by atoms with E-state index in [0.717, 1.165) is 6.42 Å². The van der Waals surface area contributed by atoms with Gasteiger partial charge in [-0.15, -0.1) is 5.10 Å². The fourth-order valence-electron chi connectivity index (χ4n) is 1.61. The summed E-state index contributed by atoms with van der Waals surface area (Å²) in [5.74, 6) is 0.857. The van der Waals surface area contributed by atoms with Gasteiger partial charge in [-0.3, -0.25) is 15.2 Å². The van der Waals surface area contributed by atoms with Crippen LogP contribution < -0.4 is 5.32 Å². The van der Waals surface area contributed by atoms with Gasteiger partial charge >= 0.3 is 0 Å². The SMILES string of the molecule is Cc1nc(NC(=O)C2COC(C)C2)n[nH]1. The fraction of sp³-hybridized carbons (Fsp3) is 0.667. The van der Waals surface area contributed by atoms with E-state index >= 15 is 0 Å². The minimum atomic E-state index is -0.0844. The first-order valence-corrected chi connectivity index (χ1v) is 4.96. The van der Waals surface area contributed by atoms with Crippen molar-refractivity contribution in [3.05, 3.63) is 5.82 Å². The van der Waals surface area contributed by atoms with Crippen molar-refractivity contribution in [1.82, 2.24) is 15.2 Å². The molecule has 2 unspecified atom stereocenters. The number of aromatic nitrogens is 3. The summed E-state index contributed by atoms with van der Waals surface area (Å²) in [5, 5.41) is 9.16. The van der Waals surface area contributed by atoms with E-state index in [1.807, 2.05) is 6.92 Å². The van der Waals surface area contributed by atoms with Crippen LogP contribution in [-0.2, 0) is 9.53 Å². The fourth-order valence-corrected chi connectivity index (χ4v) is 1.61. The number of nitrogens with zero attached hydrogens (tertiary/aromatic N) is 2. The van der Waals surface area contributed by atoms with Gasteiger partial charge in [-0.05, 0) is 20.3 Å². The van der Waals surface area contributed by atoms with Gasteiger partial charge in [0.15, 0.2) is 0 Å². The van der Waals surface area contributed by atoms with Crippen molar-refractivity contribution in [1.29, 1.82) is 0 Å². The first kappa shape index (κ1) is 10.1. The van der Waals surface area contributed by atoms with Crippen molar-refractivity contribution in [2.45, 2.75) is 26.4 Å². The minimum absolute atomic E-state index is 0.0710. The molecule has 0 spiro atoms. The molecule has 1 saturated heterocycles. The van der Waals surface area contributed by atoms with Crippen molar-refractivity contribution in [2.75, 3.05) is 11.9 Å². The Bertz CT molecular complexity index is 363. The molecular formula is C9H14N4O2. The maximum atomic E-state index is 11.7. The molecule has 1 aliphatic heterocycles. The van der Waals surface area contributed by atoms with Crippen molar-refractivity contribution in [2.24, 2.45) is 5.92 Å². The van der Waals surface area contributed by atoms with Crippen molar-refractivity contribution >= 4 is 11.9 Å². The molecule has 1 aliphatic rings. The Morgan fingerprint density at radius 2 is 2.47 bits per heavy atom. The molecule has 1 aromatic heterocycles. The number of nitrogens with one attached hydrogen (secondary N) is 2. The molecule has 2 rings (SSSR count). The number of carbonyl (C=O) groups excluding carboxylic acids is 1. The Morgan fingerprint density at radius 1 is 1.67 bits per heavy atom. The number of H-pyrrole nitrogens is 1. The largest absolute Gasteiger partial charge is 0.378 e. The second-order valence-electron chi connectivity index (χ2n) is 3.81. The molecule has 2 heterocycles. The maximum Gasteiger partial charge on any atom is 0.248 e. The number of aryl methyl sites for hydroxylation is 1. The highest BCUT2D eigenvalue weighted by Crippen LogP contribution is 2.19. The Hall–Kier alpha value is -1.43. The lowest BCUT2D eigenvalue weighted by molar-refractivity contribution is -0.119. The number of ether oxygens (including phenoxy) is 1. The molecule has 1 fully saturated rings. The van der Waals surface area contributed by atoms with Crippen LogP contribution in [0.25, 0.3) is 0 Å². The average molecular weight is 210 g/mol. The van der Waals surface area contributed by atoms with Gasteiger partial charge in [0.1, 0.15) is 5.82 Å². The number of hydrogen-bond donors (Lipinski definition) is 2. The summed E-state index contributed by atoms with van der Waals surface area (Å²) < 4.78 is 5.32. The molecule has 2 N–H and O–H groups in total. The predicted molar refractivity (Wildman–Crippen MR) is 53.3 cm³/mol. The molecule has 1 aromatic rings. The summed E-state index contributed by atoms with van der Waals surface area (Å²) in [5.41, 5.74) is 0. The van der Waals surface area contributed by atoms with Crippen LogP contribution in [0.5, 0.6) is 0 Å². The first-order chi connectivity index (χ1) is 7.15. The van der Waals surface area contributed by atoms with Crippen molar-refractivity contribution in [3.63, 3.8) is 0 Å². The molecule has 82 valence electrons. The molecule has 0 radical (unpaired) electrons. The van der Waals surface area contributed by atoms with E-state index in [2.05, 4.69) is 20.5 Å². The summed E-state index contributed by atoms with van der Waals surface area (Å²) in [6.45, 7) is 4.23. The first-order valence-electron chi connectivity index (χ1n) is 4.96. The third-order valence-electron chi connectivity index (χ3n) is 2.40. The molecule has 1 amide bonds. The second kappa shape index (κ2) is 3.98. The van der Waals surface area contributed by atoms with Crippen molar-refractivity contribution in [3.8, 4) is 0 Å². The number of rotatable bonds is 2. The number of carbonyl (C=O) groups is 1. The number of hydrogen-bond acceptors (Lipinski definition) is 4. The molecule has 0 aliphatic carbocycles. The second-order valence-corrected chi connectivity index (χ2v) is 3.81. The molecular weight excluding hydrogens is 196 g/mol. The summed E-state index contributed by atoms with van der Waals surface area (Å²) in [6, 6.07) is 0. The molecule has 0 saturated carbocycles. The molecule has 15 heavy (non-hydrogen) atoms. The van der Waals surface area contributed by atoms with Crippen LogP contribution >= 0.6 is 0 Å². The van der Waals surface area contributed by atoms with Gasteiger partial charge in [0.2, 0.25) is 11.9 Å². The van der Waals surface area contributed by atoms with Crippen LogP contribution in [0, 0.1) is 12.8 Å². The summed E-state index contributed by atoms with van der Waals surface area (Å²) in [6.07, 6.45) is 0.921.